The normalized spacial score (nSPS) is 20.1. The summed E-state index contributed by atoms with van der Waals surface area (Å²) in [5.74, 6) is 1.01. The number of nitrogens with one attached hydrogen (secondary N) is 1. The van der Waals surface area contributed by atoms with Crippen LogP contribution in [0.2, 0.25) is 0 Å². The molecule has 5 nitrogen and oxygen atoms in total. The number of anilines is 1. The van der Waals surface area contributed by atoms with Crippen LogP contribution in [0.4, 0.5) is 5.69 Å². The minimum atomic E-state index is -3.30. The molecule has 1 N–H and O–H groups in total. The van der Waals surface area contributed by atoms with E-state index in [1.807, 2.05) is 18.2 Å². The molecule has 0 radical (unpaired) electrons. The minimum absolute atomic E-state index is 0.0361. The molecule has 0 aliphatic heterocycles. The molecule has 1 heterocycles. The fraction of sp³-hybridized carbons (Fsp3) is 0.364. The van der Waals surface area contributed by atoms with Crippen molar-refractivity contribution < 1.29 is 13.2 Å². The van der Waals surface area contributed by atoms with Crippen LogP contribution in [0, 0.1) is 11.8 Å². The minimum Gasteiger partial charge on any atom is -0.299 e. The lowest BCUT2D eigenvalue weighted by Gasteiger charge is -2.12. The summed E-state index contributed by atoms with van der Waals surface area (Å²) in [5, 5.41) is 0. The van der Waals surface area contributed by atoms with Crippen molar-refractivity contribution >= 4 is 27.6 Å². The predicted molar refractivity (Wildman–Crippen MR) is 111 cm³/mol. The SMILES string of the molecule is CCS(=O)(=O)Nc1ccc(-c2cc(CC(=O)C3CC3C)nc3c2C=CC3)cc1. The molecule has 28 heavy (non-hydrogen) atoms. The predicted octanol–water partition coefficient (Wildman–Crippen LogP) is 3.85. The number of hydrogen-bond acceptors (Lipinski definition) is 4. The van der Waals surface area contributed by atoms with Gasteiger partial charge in [-0.1, -0.05) is 31.2 Å². The van der Waals surface area contributed by atoms with Crippen molar-refractivity contribution in [2.45, 2.75) is 33.1 Å². The molecular weight excluding hydrogens is 372 g/mol. The van der Waals surface area contributed by atoms with Gasteiger partial charge in [-0.25, -0.2) is 8.42 Å². The average Bonchev–Trinajstić information content (AvgIpc) is 3.21. The zero-order valence-corrected chi connectivity index (χ0v) is 16.9. The highest BCUT2D eigenvalue weighted by molar-refractivity contribution is 7.92. The van der Waals surface area contributed by atoms with Crippen molar-refractivity contribution in [3.8, 4) is 11.1 Å². The van der Waals surface area contributed by atoms with Gasteiger partial charge in [-0.3, -0.25) is 14.5 Å². The van der Waals surface area contributed by atoms with Crippen molar-refractivity contribution in [1.82, 2.24) is 4.98 Å². The number of hydrogen-bond donors (Lipinski definition) is 1. The zero-order chi connectivity index (χ0) is 19.9. The van der Waals surface area contributed by atoms with E-state index < -0.39 is 10.0 Å². The first-order valence-corrected chi connectivity index (χ1v) is 11.3. The molecule has 0 bridgehead atoms. The van der Waals surface area contributed by atoms with Gasteiger partial charge in [-0.2, -0.15) is 0 Å². The van der Waals surface area contributed by atoms with E-state index in [1.54, 1.807) is 19.1 Å². The van der Waals surface area contributed by atoms with Crippen LogP contribution < -0.4 is 4.72 Å². The van der Waals surface area contributed by atoms with E-state index in [9.17, 15) is 13.2 Å². The third-order valence-electron chi connectivity index (χ3n) is 5.51. The first-order chi connectivity index (χ1) is 13.4. The molecule has 2 aliphatic rings. The number of allylic oxidation sites excluding steroid dienone is 1. The number of nitrogens with zero attached hydrogens (tertiary/aromatic N) is 1. The van der Waals surface area contributed by atoms with Gasteiger partial charge < -0.3 is 0 Å². The largest absolute Gasteiger partial charge is 0.299 e. The van der Waals surface area contributed by atoms with Gasteiger partial charge in [-0.05, 0) is 48.6 Å². The fourth-order valence-electron chi connectivity index (χ4n) is 3.67. The molecule has 6 heteroatoms. The van der Waals surface area contributed by atoms with E-state index in [-0.39, 0.29) is 17.5 Å². The van der Waals surface area contributed by atoms with Gasteiger partial charge in [0, 0.05) is 35.7 Å². The first kappa shape index (κ1) is 18.9. The Morgan fingerprint density at radius 1 is 1.25 bits per heavy atom. The summed E-state index contributed by atoms with van der Waals surface area (Å²) in [6.45, 7) is 3.72. The van der Waals surface area contributed by atoms with Crippen LogP contribution in [0.5, 0.6) is 0 Å². The summed E-state index contributed by atoms with van der Waals surface area (Å²) in [5.41, 5.74) is 5.47. The second-order valence-corrected chi connectivity index (χ2v) is 9.68. The highest BCUT2D eigenvalue weighted by atomic mass is 32.2. The quantitative estimate of drug-likeness (QED) is 0.771. The van der Waals surface area contributed by atoms with Crippen molar-refractivity contribution in [2.24, 2.45) is 11.8 Å². The summed E-state index contributed by atoms with van der Waals surface area (Å²) >= 11 is 0. The summed E-state index contributed by atoms with van der Waals surface area (Å²) in [6, 6.07) is 9.35. The number of fused-ring (bicyclic) bond motifs is 1. The average molecular weight is 397 g/mol. The number of carbonyl (C=O) groups excluding carboxylic acids is 1. The number of sulfonamides is 1. The van der Waals surface area contributed by atoms with Crippen LogP contribution in [0.25, 0.3) is 17.2 Å². The zero-order valence-electron chi connectivity index (χ0n) is 16.1. The van der Waals surface area contributed by atoms with Gasteiger partial charge in [0.25, 0.3) is 0 Å². The third kappa shape index (κ3) is 3.87. The van der Waals surface area contributed by atoms with Gasteiger partial charge in [0.1, 0.15) is 5.78 Å². The second kappa shape index (κ2) is 7.17. The van der Waals surface area contributed by atoms with E-state index in [0.29, 0.717) is 18.0 Å². The van der Waals surface area contributed by atoms with Crippen LogP contribution in [0.1, 0.15) is 37.2 Å². The highest BCUT2D eigenvalue weighted by Gasteiger charge is 2.38. The lowest BCUT2D eigenvalue weighted by molar-refractivity contribution is -0.119. The van der Waals surface area contributed by atoms with E-state index in [4.69, 9.17) is 4.98 Å². The Kier molecular flexibility index (Phi) is 4.83. The maximum Gasteiger partial charge on any atom is 0.232 e. The van der Waals surface area contributed by atoms with Crippen molar-refractivity contribution in [3.05, 3.63) is 53.4 Å². The molecule has 2 aliphatic carbocycles. The van der Waals surface area contributed by atoms with Crippen LogP contribution in [0.3, 0.4) is 0 Å². The van der Waals surface area contributed by atoms with Crippen LogP contribution in [0.15, 0.2) is 36.4 Å². The molecule has 1 aromatic heterocycles. The Balaban J connectivity index is 1.63. The molecule has 0 spiro atoms. The Labute approximate surface area is 165 Å². The molecular formula is C22H24N2O3S. The van der Waals surface area contributed by atoms with Gasteiger partial charge in [0.2, 0.25) is 10.0 Å². The Bertz CT molecular complexity index is 1060. The number of rotatable bonds is 7. The molecule has 1 fully saturated rings. The van der Waals surface area contributed by atoms with Gasteiger partial charge >= 0.3 is 0 Å². The maximum atomic E-state index is 12.4. The molecule has 0 saturated heterocycles. The fourth-order valence-corrected chi connectivity index (χ4v) is 4.31. The molecule has 2 unspecified atom stereocenters. The standard InChI is InChI=1S/C22H24N2O3S/c1-3-28(26,27)24-16-9-7-15(8-10-16)20-12-17(13-22(25)19-11-14(19)2)23-21-6-4-5-18(20)21/h4-5,7-10,12,14,19,24H,3,6,11,13H2,1-2H3. The number of carbonyl (C=O) groups is 1. The lowest BCUT2D eigenvalue weighted by Crippen LogP contribution is -2.14. The van der Waals surface area contributed by atoms with Gasteiger partial charge in [0.05, 0.1) is 11.4 Å². The Morgan fingerprint density at radius 2 is 1.96 bits per heavy atom. The number of Topliss-reactive ketones (excluding diaryl/α,β-unsaturated/α-hetero) is 1. The van der Waals surface area contributed by atoms with Crippen molar-refractivity contribution in [1.29, 1.82) is 0 Å². The van der Waals surface area contributed by atoms with E-state index >= 15 is 0 Å². The highest BCUT2D eigenvalue weighted by Crippen LogP contribution is 2.39. The molecule has 2 aromatic rings. The van der Waals surface area contributed by atoms with Gasteiger partial charge in [-0.15, -0.1) is 0 Å². The summed E-state index contributed by atoms with van der Waals surface area (Å²) in [6.07, 6.45) is 6.30. The monoisotopic (exact) mass is 396 g/mol. The number of ketones is 1. The van der Waals surface area contributed by atoms with E-state index in [2.05, 4.69) is 23.8 Å². The second-order valence-electron chi connectivity index (χ2n) is 7.67. The summed E-state index contributed by atoms with van der Waals surface area (Å²) < 4.78 is 26.1. The third-order valence-corrected chi connectivity index (χ3v) is 6.82. The molecule has 1 aromatic carbocycles. The maximum absolute atomic E-state index is 12.4. The van der Waals surface area contributed by atoms with Crippen LogP contribution in [-0.2, 0) is 27.7 Å². The lowest BCUT2D eigenvalue weighted by atomic mass is 9.97. The van der Waals surface area contributed by atoms with Crippen LogP contribution >= 0.6 is 0 Å². The van der Waals surface area contributed by atoms with Gasteiger partial charge in [0.15, 0.2) is 0 Å². The van der Waals surface area contributed by atoms with Crippen molar-refractivity contribution in [3.63, 3.8) is 0 Å². The summed E-state index contributed by atoms with van der Waals surface area (Å²) in [7, 11) is -3.30. The van der Waals surface area contributed by atoms with Crippen molar-refractivity contribution in [2.75, 3.05) is 10.5 Å². The molecule has 0 amide bonds. The molecule has 1 saturated carbocycles. The molecule has 4 rings (SSSR count). The summed E-state index contributed by atoms with van der Waals surface area (Å²) in [4.78, 5) is 17.1. The Morgan fingerprint density at radius 3 is 2.61 bits per heavy atom. The number of pyridine rings is 1. The van der Waals surface area contributed by atoms with E-state index in [0.717, 1.165) is 40.9 Å². The topological polar surface area (TPSA) is 76.1 Å². The number of aromatic nitrogens is 1. The smallest absolute Gasteiger partial charge is 0.232 e. The van der Waals surface area contributed by atoms with Crippen LogP contribution in [-0.4, -0.2) is 24.9 Å². The molecule has 146 valence electrons. The first-order valence-electron chi connectivity index (χ1n) is 9.69. The number of benzene rings is 1. The molecule has 2 atom stereocenters. The Hall–Kier alpha value is -2.47. The van der Waals surface area contributed by atoms with E-state index in [1.165, 1.54) is 0 Å².